The maximum atomic E-state index is 13.0. The number of amides is 1. The number of nitrogens with zero attached hydrogens (tertiary/aromatic N) is 2. The molecule has 0 aromatic carbocycles. The number of ether oxygens (including phenoxy) is 1. The molecule has 1 N–H and O–H groups in total. The predicted octanol–water partition coefficient (Wildman–Crippen LogP) is 5.96. The summed E-state index contributed by atoms with van der Waals surface area (Å²) in [5, 5.41) is 8.16. The summed E-state index contributed by atoms with van der Waals surface area (Å²) in [6.45, 7) is 2.23. The number of aromatic nitrogens is 2. The molecule has 1 unspecified atom stereocenters. The fourth-order valence-electron chi connectivity index (χ4n) is 8.46. The number of rotatable bonds is 4. The van der Waals surface area contributed by atoms with Crippen LogP contribution in [0.1, 0.15) is 108 Å². The summed E-state index contributed by atoms with van der Waals surface area (Å²) in [5.41, 5.74) is 2.86. The molecule has 6 aliphatic rings. The van der Waals surface area contributed by atoms with Gasteiger partial charge in [0.2, 0.25) is 5.88 Å². The quantitative estimate of drug-likeness (QED) is 0.606. The molecule has 7 rings (SSSR count). The molecule has 0 saturated heterocycles. The molecule has 1 aromatic heterocycles. The van der Waals surface area contributed by atoms with Crippen LogP contribution in [0.25, 0.3) is 0 Å². The minimum Gasteiger partial charge on any atom is -0.389 e. The van der Waals surface area contributed by atoms with E-state index in [1.54, 1.807) is 0 Å². The second-order valence-electron chi connectivity index (χ2n) is 11.7. The Morgan fingerprint density at radius 1 is 1.00 bits per heavy atom. The topological polar surface area (TPSA) is 56.1 Å². The van der Waals surface area contributed by atoms with E-state index in [1.165, 1.54) is 94.7 Å². The second kappa shape index (κ2) is 7.81. The first kappa shape index (κ1) is 20.1. The van der Waals surface area contributed by atoms with Crippen LogP contribution < -0.4 is 10.1 Å². The van der Waals surface area contributed by atoms with E-state index in [9.17, 15) is 4.79 Å². The molecule has 5 saturated carbocycles. The summed E-state index contributed by atoms with van der Waals surface area (Å²) in [7, 11) is 0. The van der Waals surface area contributed by atoms with Crippen LogP contribution in [-0.2, 0) is 12.8 Å². The Labute approximate surface area is 186 Å². The van der Waals surface area contributed by atoms with Crippen molar-refractivity contribution in [2.75, 3.05) is 0 Å². The zero-order valence-electron chi connectivity index (χ0n) is 19.2. The number of carbonyl (C=O) groups excluding carboxylic acids is 1. The Morgan fingerprint density at radius 2 is 1.65 bits per heavy atom. The predicted molar refractivity (Wildman–Crippen MR) is 120 cm³/mol. The van der Waals surface area contributed by atoms with Crippen molar-refractivity contribution in [2.24, 2.45) is 23.2 Å². The highest BCUT2D eigenvalue weighted by Crippen LogP contribution is 2.61. The lowest BCUT2D eigenvalue weighted by Gasteiger charge is -2.58. The minimum absolute atomic E-state index is 0.184. The van der Waals surface area contributed by atoms with E-state index in [0.29, 0.717) is 17.3 Å². The highest BCUT2D eigenvalue weighted by atomic mass is 16.6. The third-order valence-electron chi connectivity index (χ3n) is 9.62. The Balaban J connectivity index is 1.18. The van der Waals surface area contributed by atoms with E-state index in [4.69, 9.17) is 9.84 Å². The fraction of sp³-hybridized carbons (Fsp3) is 0.846. The lowest BCUT2D eigenvalue weighted by Crippen LogP contribution is -2.56. The van der Waals surface area contributed by atoms with Crippen LogP contribution in [0, 0.1) is 23.2 Å². The second-order valence-corrected chi connectivity index (χ2v) is 11.7. The van der Waals surface area contributed by atoms with Gasteiger partial charge in [0.25, 0.3) is 0 Å². The Morgan fingerprint density at radius 3 is 2.32 bits per heavy atom. The molecule has 1 heterocycles. The summed E-state index contributed by atoms with van der Waals surface area (Å²) in [4.78, 5) is 13.0. The summed E-state index contributed by atoms with van der Waals surface area (Å²) < 4.78 is 8.21. The molecule has 5 heteroatoms. The first-order valence-corrected chi connectivity index (χ1v) is 13.2. The highest BCUT2D eigenvalue weighted by molar-refractivity contribution is 5.70. The van der Waals surface area contributed by atoms with Crippen molar-refractivity contribution in [1.82, 2.24) is 15.1 Å². The van der Waals surface area contributed by atoms with Gasteiger partial charge in [-0.15, -0.1) is 5.10 Å². The van der Waals surface area contributed by atoms with Gasteiger partial charge in [0.1, 0.15) is 0 Å². The largest absolute Gasteiger partial charge is 0.414 e. The normalized spacial score (nSPS) is 35.6. The van der Waals surface area contributed by atoms with Crippen LogP contribution in [0.3, 0.4) is 0 Å². The van der Waals surface area contributed by atoms with E-state index < -0.39 is 0 Å². The number of nitrogens with one attached hydrogen (secondary N) is 1. The molecule has 1 aromatic rings. The molecule has 1 amide bonds. The first-order valence-electron chi connectivity index (χ1n) is 13.2. The Kier molecular flexibility index (Phi) is 5.07. The Hall–Kier alpha value is -1.52. The highest BCUT2D eigenvalue weighted by Gasteiger charge is 2.53. The summed E-state index contributed by atoms with van der Waals surface area (Å²) in [6.07, 6.45) is 18.6. The van der Waals surface area contributed by atoms with Crippen molar-refractivity contribution in [3.05, 3.63) is 11.3 Å². The molecule has 170 valence electrons. The van der Waals surface area contributed by atoms with E-state index in [-0.39, 0.29) is 12.1 Å². The van der Waals surface area contributed by atoms with Crippen molar-refractivity contribution < 1.29 is 9.53 Å². The van der Waals surface area contributed by atoms with Gasteiger partial charge in [0, 0.05) is 17.3 Å². The maximum absolute atomic E-state index is 13.0. The van der Waals surface area contributed by atoms with Crippen LogP contribution in [0.5, 0.6) is 5.88 Å². The molecule has 0 radical (unpaired) electrons. The van der Waals surface area contributed by atoms with Crippen LogP contribution in [-0.4, -0.2) is 21.9 Å². The smallest absolute Gasteiger partial charge is 0.389 e. The van der Waals surface area contributed by atoms with Gasteiger partial charge in [0.05, 0.1) is 6.04 Å². The summed E-state index contributed by atoms with van der Waals surface area (Å²) in [5.74, 6) is 3.28. The van der Waals surface area contributed by atoms with E-state index in [2.05, 4.69) is 16.9 Å². The van der Waals surface area contributed by atoms with Gasteiger partial charge in [-0.3, -0.25) is 4.68 Å². The molecule has 5 nitrogen and oxygen atoms in total. The van der Waals surface area contributed by atoms with Gasteiger partial charge >= 0.3 is 6.09 Å². The molecular formula is C26H39N3O2. The first-order chi connectivity index (χ1) is 15.1. The average Bonchev–Trinajstić information content (AvgIpc) is 3.29. The van der Waals surface area contributed by atoms with E-state index in [0.717, 1.165) is 30.6 Å². The van der Waals surface area contributed by atoms with Crippen LogP contribution >= 0.6 is 0 Å². The fourth-order valence-corrected chi connectivity index (χ4v) is 8.46. The third-order valence-corrected chi connectivity index (χ3v) is 9.62. The molecular weight excluding hydrogens is 386 g/mol. The van der Waals surface area contributed by atoms with Crippen molar-refractivity contribution in [1.29, 1.82) is 0 Å². The van der Waals surface area contributed by atoms with Gasteiger partial charge in [-0.2, -0.15) is 0 Å². The molecule has 31 heavy (non-hydrogen) atoms. The van der Waals surface area contributed by atoms with Gasteiger partial charge in [-0.1, -0.05) is 19.3 Å². The maximum Gasteiger partial charge on any atom is 0.414 e. The third kappa shape index (κ3) is 3.60. The molecule has 0 spiro atoms. The Bertz CT molecular complexity index is 803. The van der Waals surface area contributed by atoms with Crippen molar-refractivity contribution in [2.45, 2.75) is 115 Å². The number of hydrogen-bond donors (Lipinski definition) is 1. The molecule has 4 bridgehead atoms. The van der Waals surface area contributed by atoms with Crippen molar-refractivity contribution in [3.63, 3.8) is 0 Å². The van der Waals surface area contributed by atoms with Crippen molar-refractivity contribution in [3.8, 4) is 5.88 Å². The van der Waals surface area contributed by atoms with Gasteiger partial charge in [-0.25, -0.2) is 4.79 Å². The summed E-state index contributed by atoms with van der Waals surface area (Å²) in [6, 6.07) is 0.683. The van der Waals surface area contributed by atoms with Gasteiger partial charge in [-0.05, 0) is 107 Å². The lowest BCUT2D eigenvalue weighted by molar-refractivity contribution is -0.0689. The van der Waals surface area contributed by atoms with Gasteiger partial charge < -0.3 is 10.1 Å². The minimum atomic E-state index is -0.286. The summed E-state index contributed by atoms with van der Waals surface area (Å²) >= 11 is 0. The SMILES string of the molecule is CC(NC(=O)Oc1nn(C2CCCC2)c2c1CCCCC2)C12CC3CC(CC(C3)C1)C2. The van der Waals surface area contributed by atoms with E-state index in [1.807, 2.05) is 0 Å². The molecule has 5 fully saturated rings. The van der Waals surface area contributed by atoms with E-state index >= 15 is 0 Å². The average molecular weight is 426 g/mol. The van der Waals surface area contributed by atoms with Crippen LogP contribution in [0.4, 0.5) is 4.79 Å². The molecule has 6 aliphatic carbocycles. The number of hydrogen-bond acceptors (Lipinski definition) is 3. The zero-order valence-corrected chi connectivity index (χ0v) is 19.2. The van der Waals surface area contributed by atoms with Crippen molar-refractivity contribution >= 4 is 6.09 Å². The standard InChI is InChI=1S/C26H39N3O2/c1-17(26-14-18-11-19(15-26)13-20(12-18)16-26)27-25(30)31-24-22-9-3-2-4-10-23(22)29(28-24)21-7-5-6-8-21/h17-21H,2-16H2,1H3,(H,27,30). The van der Waals surface area contributed by atoms with Gasteiger partial charge in [0.15, 0.2) is 0 Å². The molecule has 1 atom stereocenters. The molecule has 0 aliphatic heterocycles. The van der Waals surface area contributed by atoms with Crippen LogP contribution in [0.2, 0.25) is 0 Å². The van der Waals surface area contributed by atoms with Crippen LogP contribution in [0.15, 0.2) is 0 Å². The number of fused-ring (bicyclic) bond motifs is 1. The zero-order chi connectivity index (χ0) is 21.0. The number of carbonyl (C=O) groups is 1. The monoisotopic (exact) mass is 425 g/mol. The lowest BCUT2D eigenvalue weighted by atomic mass is 9.48.